The molecule has 0 fully saturated rings. The van der Waals surface area contributed by atoms with Gasteiger partial charge >= 0.3 is 0 Å². The number of hydrogen-bond acceptors (Lipinski definition) is 1. The Morgan fingerprint density at radius 2 is 2.00 bits per heavy atom. The second-order valence-electron chi connectivity index (χ2n) is 0.440. The van der Waals surface area contributed by atoms with Crippen molar-refractivity contribution < 1.29 is 13.9 Å². The van der Waals surface area contributed by atoms with Gasteiger partial charge in [-0.05, 0) is 4.53 Å². The third-order valence-corrected chi connectivity index (χ3v) is 0.0851. The van der Waals surface area contributed by atoms with Crippen LogP contribution in [0.1, 0.15) is 0 Å². The fourth-order valence-corrected chi connectivity index (χ4v) is 0. The molecular weight excluding hydrogens is 78.0 g/mol. The summed E-state index contributed by atoms with van der Waals surface area (Å²) in [6.07, 6.45) is -2.28. The molecule has 2 radical (unpaired) electrons. The maximum atomic E-state index is 10.6. The minimum atomic E-state index is -2.28. The SMILES string of the molecule is [CH]C(F)OF. The monoisotopic (exact) mass is 80.0 g/mol. The van der Waals surface area contributed by atoms with E-state index in [4.69, 9.17) is 0 Å². The Kier molecular flexibility index (Phi) is 2.01. The van der Waals surface area contributed by atoms with Gasteiger partial charge in [0.1, 0.15) is 0 Å². The molecule has 1 nitrogen and oxygen atoms in total. The van der Waals surface area contributed by atoms with Gasteiger partial charge in [-0.15, -0.1) is 0 Å². The quantitative estimate of drug-likeness (QED) is 0.454. The van der Waals surface area contributed by atoms with Gasteiger partial charge in [-0.2, -0.15) is 4.94 Å². The summed E-state index contributed by atoms with van der Waals surface area (Å²) in [4.78, 5) is 2.36. The molecule has 1 unspecified atom stereocenters. The summed E-state index contributed by atoms with van der Waals surface area (Å²) in [5.41, 5.74) is 0. The molecule has 0 heterocycles. The zero-order valence-corrected chi connectivity index (χ0v) is 2.32. The highest BCUT2D eigenvalue weighted by atomic mass is 19.3. The first-order valence-electron chi connectivity index (χ1n) is 0.942. The third kappa shape index (κ3) is 3.82. The fraction of sp³-hybridized carbons (Fsp3) is 0.500. The summed E-state index contributed by atoms with van der Waals surface area (Å²) < 4.78 is 20.7. The standard InChI is InChI=1S/C2H2F2O/c1-2(3)5-4/h1-2H. The minimum absolute atomic E-state index is 2.28. The summed E-state index contributed by atoms with van der Waals surface area (Å²) in [5.74, 6) is 0. The molecule has 0 aliphatic heterocycles. The second kappa shape index (κ2) is 2.08. The maximum Gasteiger partial charge on any atom is 0.240 e. The Balaban J connectivity index is 2.54. The summed E-state index contributed by atoms with van der Waals surface area (Å²) in [6.45, 7) is 4.03. The van der Waals surface area contributed by atoms with Crippen LogP contribution in [0.2, 0.25) is 0 Å². The molecule has 0 aliphatic rings. The van der Waals surface area contributed by atoms with Crippen molar-refractivity contribution in [2.75, 3.05) is 0 Å². The third-order valence-electron chi connectivity index (χ3n) is 0.0851. The van der Waals surface area contributed by atoms with Gasteiger partial charge in [0.05, 0.1) is 0 Å². The van der Waals surface area contributed by atoms with E-state index in [9.17, 15) is 8.92 Å². The van der Waals surface area contributed by atoms with Crippen molar-refractivity contribution in [3.8, 4) is 0 Å². The normalized spacial score (nSPS) is 15.0. The number of hydrogen-bond donors (Lipinski definition) is 0. The van der Waals surface area contributed by atoms with Crippen LogP contribution in [0.3, 0.4) is 0 Å². The molecule has 5 heavy (non-hydrogen) atoms. The molecule has 0 saturated carbocycles. The van der Waals surface area contributed by atoms with E-state index in [1.807, 2.05) is 0 Å². The van der Waals surface area contributed by atoms with Gasteiger partial charge in [0, 0.05) is 6.92 Å². The lowest BCUT2D eigenvalue weighted by atomic mass is 10.8. The Bertz CT molecular complexity index is 21.6. The van der Waals surface area contributed by atoms with E-state index in [0.29, 0.717) is 0 Å². The average Bonchev–Trinajstić information content (AvgIpc) is 1.38. The molecule has 0 aromatic heterocycles. The summed E-state index contributed by atoms with van der Waals surface area (Å²) in [7, 11) is 0. The van der Waals surface area contributed by atoms with E-state index in [1.165, 1.54) is 0 Å². The van der Waals surface area contributed by atoms with Crippen molar-refractivity contribution in [2.24, 2.45) is 0 Å². The van der Waals surface area contributed by atoms with Crippen molar-refractivity contribution in [1.29, 1.82) is 0 Å². The van der Waals surface area contributed by atoms with Gasteiger partial charge in [-0.1, -0.05) is 0 Å². The van der Waals surface area contributed by atoms with Crippen LogP contribution in [-0.2, 0) is 4.94 Å². The fourth-order valence-electron chi connectivity index (χ4n) is 0. The van der Waals surface area contributed by atoms with Crippen LogP contribution in [0, 0.1) is 6.92 Å². The van der Waals surface area contributed by atoms with E-state index < -0.39 is 6.36 Å². The van der Waals surface area contributed by atoms with E-state index in [1.54, 1.807) is 0 Å². The van der Waals surface area contributed by atoms with Gasteiger partial charge in [-0.3, -0.25) is 0 Å². The first kappa shape index (κ1) is 4.82. The zero-order valence-electron chi connectivity index (χ0n) is 2.32. The average molecular weight is 80.0 g/mol. The lowest BCUT2D eigenvalue weighted by Crippen LogP contribution is -1.88. The van der Waals surface area contributed by atoms with Gasteiger partial charge < -0.3 is 0 Å². The lowest BCUT2D eigenvalue weighted by Gasteiger charge is -1.82. The van der Waals surface area contributed by atoms with E-state index in [-0.39, 0.29) is 0 Å². The van der Waals surface area contributed by atoms with Crippen molar-refractivity contribution >= 4 is 0 Å². The van der Waals surface area contributed by atoms with Crippen molar-refractivity contribution in [1.82, 2.24) is 0 Å². The van der Waals surface area contributed by atoms with Gasteiger partial charge in [0.2, 0.25) is 6.36 Å². The van der Waals surface area contributed by atoms with E-state index in [2.05, 4.69) is 11.9 Å². The largest absolute Gasteiger partial charge is 0.240 e. The Hall–Kier alpha value is -0.180. The Morgan fingerprint density at radius 1 is 1.80 bits per heavy atom. The molecule has 0 bridgehead atoms. The summed E-state index contributed by atoms with van der Waals surface area (Å²) >= 11 is 0. The molecule has 0 aromatic rings. The van der Waals surface area contributed by atoms with Crippen LogP contribution in [0.5, 0.6) is 0 Å². The van der Waals surface area contributed by atoms with Crippen molar-refractivity contribution in [3.63, 3.8) is 0 Å². The summed E-state index contributed by atoms with van der Waals surface area (Å²) in [5, 5.41) is 0. The first-order chi connectivity index (χ1) is 2.27. The van der Waals surface area contributed by atoms with Crippen LogP contribution in [0.4, 0.5) is 8.92 Å². The number of alkyl halides is 1. The van der Waals surface area contributed by atoms with E-state index >= 15 is 0 Å². The molecule has 0 aromatic carbocycles. The van der Waals surface area contributed by atoms with Crippen LogP contribution >= 0.6 is 0 Å². The van der Waals surface area contributed by atoms with Crippen LogP contribution < -0.4 is 0 Å². The van der Waals surface area contributed by atoms with Crippen LogP contribution in [0.15, 0.2) is 0 Å². The minimum Gasteiger partial charge on any atom is -0.212 e. The maximum absolute atomic E-state index is 10.6. The Labute approximate surface area is 28.4 Å². The zero-order chi connectivity index (χ0) is 4.28. The topological polar surface area (TPSA) is 9.23 Å². The van der Waals surface area contributed by atoms with Gasteiger partial charge in [-0.25, -0.2) is 4.39 Å². The molecule has 0 saturated heterocycles. The molecule has 0 N–H and O–H groups in total. The highest BCUT2D eigenvalue weighted by Gasteiger charge is 1.90. The number of halogens is 2. The summed E-state index contributed by atoms with van der Waals surface area (Å²) in [6, 6.07) is 0. The van der Waals surface area contributed by atoms with Crippen LogP contribution in [-0.4, -0.2) is 6.36 Å². The smallest absolute Gasteiger partial charge is 0.212 e. The predicted molar refractivity (Wildman–Crippen MR) is 11.4 cm³/mol. The highest BCUT2D eigenvalue weighted by Crippen LogP contribution is 1.86. The van der Waals surface area contributed by atoms with Crippen molar-refractivity contribution in [3.05, 3.63) is 6.92 Å². The second-order valence-corrected chi connectivity index (χ2v) is 0.440. The predicted octanol–water partition coefficient (Wildman–Crippen LogP) is 0.894. The molecule has 3 heteroatoms. The molecule has 0 aliphatic carbocycles. The van der Waals surface area contributed by atoms with Gasteiger partial charge in [0.25, 0.3) is 0 Å². The first-order valence-corrected chi connectivity index (χ1v) is 0.942. The lowest BCUT2D eigenvalue weighted by molar-refractivity contribution is -0.206. The molecule has 0 amide bonds. The number of rotatable bonds is 1. The van der Waals surface area contributed by atoms with Gasteiger partial charge in [0.15, 0.2) is 0 Å². The molecular formula is C2H2F2O. The Morgan fingerprint density at radius 3 is 2.00 bits per heavy atom. The van der Waals surface area contributed by atoms with Crippen molar-refractivity contribution in [2.45, 2.75) is 6.36 Å². The molecule has 1 atom stereocenters. The molecule has 30 valence electrons. The highest BCUT2D eigenvalue weighted by molar-refractivity contribution is 4.32. The molecule has 0 spiro atoms. The molecule has 0 rings (SSSR count). The van der Waals surface area contributed by atoms with E-state index in [0.717, 1.165) is 0 Å². The van der Waals surface area contributed by atoms with Crippen LogP contribution in [0.25, 0.3) is 0 Å².